The first-order valence-corrected chi connectivity index (χ1v) is 5.58. The van der Waals surface area contributed by atoms with Crippen LogP contribution in [0.2, 0.25) is 0 Å². The van der Waals surface area contributed by atoms with Gasteiger partial charge in [-0.05, 0) is 31.5 Å². The van der Waals surface area contributed by atoms with Gasteiger partial charge < -0.3 is 15.8 Å². The summed E-state index contributed by atoms with van der Waals surface area (Å²) in [6.07, 6.45) is 1.01. The molecule has 0 aliphatic rings. The Labute approximate surface area is 100.0 Å². The van der Waals surface area contributed by atoms with E-state index >= 15 is 0 Å². The Kier molecular flexibility index (Phi) is 5.26. The third-order valence-corrected chi connectivity index (χ3v) is 2.19. The molecule has 0 saturated carbocycles. The highest BCUT2D eigenvalue weighted by Gasteiger charge is 2.02. The summed E-state index contributed by atoms with van der Waals surface area (Å²) >= 11 is 0. The lowest BCUT2D eigenvalue weighted by Gasteiger charge is -2.08. The van der Waals surface area contributed by atoms with Crippen molar-refractivity contribution in [1.82, 2.24) is 0 Å². The van der Waals surface area contributed by atoms with Crippen LogP contribution in [0.15, 0.2) is 18.2 Å². The number of nitrogen functional groups attached to an aromatic ring is 1. The number of esters is 1. The predicted molar refractivity (Wildman–Crippen MR) is 65.2 cm³/mol. The Bertz CT molecular complexity index is 383. The van der Waals surface area contributed by atoms with Gasteiger partial charge in [0.05, 0.1) is 18.0 Å². The normalized spacial score (nSPS) is 10.0. The van der Waals surface area contributed by atoms with Gasteiger partial charge in [-0.15, -0.1) is 0 Å². The number of anilines is 2. The zero-order valence-electron chi connectivity index (χ0n) is 9.83. The van der Waals surface area contributed by atoms with Gasteiger partial charge in [-0.2, -0.15) is 0 Å². The van der Waals surface area contributed by atoms with E-state index in [1.165, 1.54) is 12.1 Å². The van der Waals surface area contributed by atoms with Gasteiger partial charge in [0.2, 0.25) is 0 Å². The second-order valence-corrected chi connectivity index (χ2v) is 3.57. The minimum atomic E-state index is -0.362. The van der Waals surface area contributed by atoms with Gasteiger partial charge in [-0.3, -0.25) is 4.79 Å². The summed E-state index contributed by atoms with van der Waals surface area (Å²) < 4.78 is 17.6. The van der Waals surface area contributed by atoms with Crippen molar-refractivity contribution in [1.29, 1.82) is 0 Å². The summed E-state index contributed by atoms with van der Waals surface area (Å²) in [7, 11) is 0. The maximum atomic E-state index is 12.8. The highest BCUT2D eigenvalue weighted by Crippen LogP contribution is 2.18. The van der Waals surface area contributed by atoms with Crippen LogP contribution in [0.4, 0.5) is 15.8 Å². The van der Waals surface area contributed by atoms with Crippen molar-refractivity contribution < 1.29 is 13.9 Å². The number of nitrogens with one attached hydrogen (secondary N) is 1. The molecule has 0 heterocycles. The molecule has 0 fully saturated rings. The van der Waals surface area contributed by atoms with Crippen molar-refractivity contribution >= 4 is 17.3 Å². The molecule has 0 aliphatic carbocycles. The molecule has 1 rings (SSSR count). The number of benzene rings is 1. The van der Waals surface area contributed by atoms with Gasteiger partial charge in [0.1, 0.15) is 5.82 Å². The second kappa shape index (κ2) is 6.73. The fourth-order valence-corrected chi connectivity index (χ4v) is 1.38. The van der Waals surface area contributed by atoms with Crippen LogP contribution < -0.4 is 11.1 Å². The van der Waals surface area contributed by atoms with E-state index in [1.54, 1.807) is 13.0 Å². The monoisotopic (exact) mass is 240 g/mol. The summed E-state index contributed by atoms with van der Waals surface area (Å²) in [6, 6.07) is 4.17. The summed E-state index contributed by atoms with van der Waals surface area (Å²) in [5.41, 5.74) is 6.66. The minimum absolute atomic E-state index is 0.207. The van der Waals surface area contributed by atoms with Gasteiger partial charge in [0.15, 0.2) is 0 Å². The quantitative estimate of drug-likeness (QED) is 0.454. The van der Waals surface area contributed by atoms with Crippen molar-refractivity contribution in [2.24, 2.45) is 0 Å². The third-order valence-electron chi connectivity index (χ3n) is 2.19. The fourth-order valence-electron chi connectivity index (χ4n) is 1.38. The molecule has 0 amide bonds. The first-order chi connectivity index (χ1) is 8.13. The number of carbonyl (C=O) groups excluding carboxylic acids is 1. The van der Waals surface area contributed by atoms with Crippen LogP contribution in [-0.4, -0.2) is 19.1 Å². The SMILES string of the molecule is CCOC(=O)CCCNc1ccc(F)cc1N. The van der Waals surface area contributed by atoms with Crippen molar-refractivity contribution in [3.05, 3.63) is 24.0 Å². The van der Waals surface area contributed by atoms with Crippen LogP contribution in [-0.2, 0) is 9.53 Å². The number of ether oxygens (including phenoxy) is 1. The number of hydrogen-bond donors (Lipinski definition) is 2. The van der Waals surface area contributed by atoms with Gasteiger partial charge in [0.25, 0.3) is 0 Å². The Morgan fingerprint density at radius 2 is 2.29 bits per heavy atom. The van der Waals surface area contributed by atoms with Crippen LogP contribution >= 0.6 is 0 Å². The van der Waals surface area contributed by atoms with E-state index < -0.39 is 0 Å². The molecule has 1 aromatic carbocycles. The van der Waals surface area contributed by atoms with E-state index in [4.69, 9.17) is 10.5 Å². The van der Waals surface area contributed by atoms with Crippen molar-refractivity contribution in [2.45, 2.75) is 19.8 Å². The predicted octanol–water partition coefficient (Wildman–Crippen LogP) is 2.16. The lowest BCUT2D eigenvalue weighted by Crippen LogP contribution is -2.09. The van der Waals surface area contributed by atoms with Gasteiger partial charge >= 0.3 is 5.97 Å². The Hall–Kier alpha value is -1.78. The second-order valence-electron chi connectivity index (χ2n) is 3.57. The van der Waals surface area contributed by atoms with Crippen molar-refractivity contribution in [3.8, 4) is 0 Å². The van der Waals surface area contributed by atoms with Crippen LogP contribution in [0.25, 0.3) is 0 Å². The number of nitrogens with two attached hydrogens (primary N) is 1. The zero-order chi connectivity index (χ0) is 12.7. The molecule has 4 nitrogen and oxygen atoms in total. The lowest BCUT2D eigenvalue weighted by molar-refractivity contribution is -0.143. The molecular weight excluding hydrogens is 223 g/mol. The average molecular weight is 240 g/mol. The molecule has 5 heteroatoms. The molecule has 0 spiro atoms. The molecule has 0 saturated heterocycles. The smallest absolute Gasteiger partial charge is 0.305 e. The van der Waals surface area contributed by atoms with Gasteiger partial charge in [-0.25, -0.2) is 4.39 Å². The summed E-state index contributed by atoms with van der Waals surface area (Å²) in [5, 5.41) is 3.04. The highest BCUT2D eigenvalue weighted by molar-refractivity contribution is 5.69. The lowest BCUT2D eigenvalue weighted by atomic mass is 10.2. The Morgan fingerprint density at radius 3 is 2.94 bits per heavy atom. The topological polar surface area (TPSA) is 64.3 Å². The molecule has 17 heavy (non-hydrogen) atoms. The summed E-state index contributed by atoms with van der Waals surface area (Å²) in [6.45, 7) is 2.77. The zero-order valence-corrected chi connectivity index (χ0v) is 9.83. The summed E-state index contributed by atoms with van der Waals surface area (Å²) in [5.74, 6) is -0.569. The molecule has 0 aromatic heterocycles. The molecule has 0 bridgehead atoms. The molecule has 0 atom stereocenters. The number of halogens is 1. The van der Waals surface area contributed by atoms with Gasteiger partial charge in [0, 0.05) is 13.0 Å². The largest absolute Gasteiger partial charge is 0.466 e. The first-order valence-electron chi connectivity index (χ1n) is 5.58. The van der Waals surface area contributed by atoms with Crippen LogP contribution in [0.3, 0.4) is 0 Å². The molecule has 3 N–H and O–H groups in total. The first kappa shape index (κ1) is 13.3. The van der Waals surface area contributed by atoms with E-state index in [9.17, 15) is 9.18 Å². The van der Waals surface area contributed by atoms with Crippen LogP contribution in [0.1, 0.15) is 19.8 Å². The highest BCUT2D eigenvalue weighted by atomic mass is 19.1. The number of rotatable bonds is 6. The Morgan fingerprint density at radius 1 is 1.53 bits per heavy atom. The van der Waals surface area contributed by atoms with Crippen LogP contribution in [0, 0.1) is 5.82 Å². The molecule has 0 radical (unpaired) electrons. The van der Waals surface area contributed by atoms with E-state index in [2.05, 4.69) is 5.32 Å². The third kappa shape index (κ3) is 4.72. The molecule has 94 valence electrons. The molecule has 1 aromatic rings. The van der Waals surface area contributed by atoms with E-state index in [-0.39, 0.29) is 11.8 Å². The van der Waals surface area contributed by atoms with Gasteiger partial charge in [-0.1, -0.05) is 0 Å². The Balaban J connectivity index is 2.29. The van der Waals surface area contributed by atoms with Crippen molar-refractivity contribution in [3.63, 3.8) is 0 Å². The average Bonchev–Trinajstić information content (AvgIpc) is 2.27. The fraction of sp³-hybridized carbons (Fsp3) is 0.417. The molecular formula is C12H17FN2O2. The minimum Gasteiger partial charge on any atom is -0.466 e. The standard InChI is InChI=1S/C12H17FN2O2/c1-2-17-12(16)4-3-7-15-11-6-5-9(13)8-10(11)14/h5-6,8,15H,2-4,7,14H2,1H3. The van der Waals surface area contributed by atoms with E-state index in [0.29, 0.717) is 37.4 Å². The molecule has 0 aliphatic heterocycles. The van der Waals surface area contributed by atoms with Crippen molar-refractivity contribution in [2.75, 3.05) is 24.2 Å². The van der Waals surface area contributed by atoms with Crippen LogP contribution in [0.5, 0.6) is 0 Å². The summed E-state index contributed by atoms with van der Waals surface area (Å²) in [4.78, 5) is 11.0. The molecule has 0 unspecified atom stereocenters. The van der Waals surface area contributed by atoms with E-state index in [0.717, 1.165) is 0 Å². The number of carbonyl (C=O) groups is 1. The van der Waals surface area contributed by atoms with E-state index in [1.807, 2.05) is 0 Å². The number of hydrogen-bond acceptors (Lipinski definition) is 4. The maximum absolute atomic E-state index is 12.8. The maximum Gasteiger partial charge on any atom is 0.305 e.